The highest BCUT2D eigenvalue weighted by Crippen LogP contribution is 2.17. The second kappa shape index (κ2) is 3.11. The van der Waals surface area contributed by atoms with Crippen molar-refractivity contribution in [1.29, 1.82) is 0 Å². The molecule has 9 heavy (non-hydrogen) atoms. The van der Waals surface area contributed by atoms with Crippen LogP contribution in [0.1, 0.15) is 12.8 Å². The first-order valence-electron chi connectivity index (χ1n) is 3.64. The Hall–Kier alpha value is -0.170. The number of nitrogens with zero attached hydrogens (tertiary/aromatic N) is 1. The summed E-state index contributed by atoms with van der Waals surface area (Å²) < 4.78 is 0. The first-order chi connectivity index (χ1) is 4.33. The Labute approximate surface area is 58.0 Å². The summed E-state index contributed by atoms with van der Waals surface area (Å²) in [5.41, 5.74) is 0. The highest BCUT2D eigenvalue weighted by atomic mass is 15.1. The lowest BCUT2D eigenvalue weighted by atomic mass is 9.95. The van der Waals surface area contributed by atoms with E-state index in [4.69, 9.17) is 0 Å². The lowest BCUT2D eigenvalue weighted by Gasteiger charge is -2.30. The SMILES string of the molecule is [CH2+][CH-]C1CCN(C)CC1. The number of likely N-dealkylation sites (tertiary alicyclic amines) is 1. The van der Waals surface area contributed by atoms with Crippen LogP contribution in [0.2, 0.25) is 0 Å². The van der Waals surface area contributed by atoms with E-state index in [1.807, 2.05) is 0 Å². The molecule has 1 heteroatoms. The molecule has 1 aliphatic rings. The van der Waals surface area contributed by atoms with Gasteiger partial charge in [0.15, 0.2) is 0 Å². The Morgan fingerprint density at radius 3 is 2.44 bits per heavy atom. The van der Waals surface area contributed by atoms with Gasteiger partial charge >= 0.3 is 0 Å². The van der Waals surface area contributed by atoms with Crippen LogP contribution < -0.4 is 0 Å². The summed E-state index contributed by atoms with van der Waals surface area (Å²) in [6.45, 7) is 6.28. The zero-order valence-electron chi connectivity index (χ0n) is 6.14. The van der Waals surface area contributed by atoms with Gasteiger partial charge in [0.25, 0.3) is 0 Å². The van der Waals surface area contributed by atoms with Crippen molar-refractivity contribution in [3.8, 4) is 0 Å². The lowest BCUT2D eigenvalue weighted by Crippen LogP contribution is -2.29. The van der Waals surface area contributed by atoms with Crippen molar-refractivity contribution in [2.45, 2.75) is 12.8 Å². The summed E-state index contributed by atoms with van der Waals surface area (Å²) in [6.07, 6.45) is 4.70. The Morgan fingerprint density at radius 1 is 1.44 bits per heavy atom. The van der Waals surface area contributed by atoms with Gasteiger partial charge in [-0.15, -0.1) is 12.3 Å². The predicted octanol–water partition coefficient (Wildman–Crippen LogP) is 1.37. The van der Waals surface area contributed by atoms with Crippen molar-refractivity contribution in [2.75, 3.05) is 20.1 Å². The quantitative estimate of drug-likeness (QED) is 0.478. The number of piperidine rings is 1. The van der Waals surface area contributed by atoms with Gasteiger partial charge in [0, 0.05) is 0 Å². The van der Waals surface area contributed by atoms with Gasteiger partial charge in [0.1, 0.15) is 0 Å². The smallest absolute Gasteiger partial charge is 0.00423 e. The molecule has 0 aromatic heterocycles. The van der Waals surface area contributed by atoms with E-state index in [1.54, 1.807) is 0 Å². The van der Waals surface area contributed by atoms with Crippen LogP contribution in [0, 0.1) is 19.3 Å². The van der Waals surface area contributed by atoms with Crippen molar-refractivity contribution in [3.05, 3.63) is 13.3 Å². The van der Waals surface area contributed by atoms with Crippen molar-refractivity contribution >= 4 is 0 Å². The Bertz CT molecular complexity index is 72.6. The highest BCUT2D eigenvalue weighted by Gasteiger charge is 2.10. The van der Waals surface area contributed by atoms with E-state index in [-0.39, 0.29) is 0 Å². The molecule has 0 spiro atoms. The van der Waals surface area contributed by atoms with Crippen molar-refractivity contribution in [3.63, 3.8) is 0 Å². The Morgan fingerprint density at radius 2 is 2.00 bits per heavy atom. The minimum absolute atomic E-state index is 0.793. The van der Waals surface area contributed by atoms with Crippen molar-refractivity contribution < 1.29 is 0 Å². The molecule has 0 atom stereocenters. The third-order valence-corrected chi connectivity index (χ3v) is 2.10. The maximum atomic E-state index is 3.79. The fourth-order valence-corrected chi connectivity index (χ4v) is 1.26. The summed E-state index contributed by atoms with van der Waals surface area (Å²) in [5.74, 6) is 0.793. The van der Waals surface area contributed by atoms with Crippen LogP contribution in [0.25, 0.3) is 0 Å². The first kappa shape index (κ1) is 6.94. The summed E-state index contributed by atoms with van der Waals surface area (Å²) in [7, 11) is 2.18. The molecule has 1 heterocycles. The van der Waals surface area contributed by atoms with Crippen LogP contribution in [0.15, 0.2) is 0 Å². The second-order valence-electron chi connectivity index (χ2n) is 2.88. The van der Waals surface area contributed by atoms with Gasteiger partial charge in [-0.2, -0.15) is 0 Å². The molecule has 0 N–H and O–H groups in total. The van der Waals surface area contributed by atoms with Crippen molar-refractivity contribution in [1.82, 2.24) is 4.90 Å². The highest BCUT2D eigenvalue weighted by molar-refractivity contribution is 4.82. The molecule has 52 valence electrons. The van der Waals surface area contributed by atoms with Crippen LogP contribution in [-0.2, 0) is 0 Å². The zero-order valence-corrected chi connectivity index (χ0v) is 6.14. The van der Waals surface area contributed by atoms with Gasteiger partial charge in [0.05, 0.1) is 0 Å². The maximum Gasteiger partial charge on any atom is -0.00423 e. The molecule has 1 aliphatic heterocycles. The van der Waals surface area contributed by atoms with E-state index in [2.05, 4.69) is 25.3 Å². The lowest BCUT2D eigenvalue weighted by molar-refractivity contribution is 0.238. The fourth-order valence-electron chi connectivity index (χ4n) is 1.26. The van der Waals surface area contributed by atoms with Gasteiger partial charge in [-0.1, -0.05) is 19.8 Å². The second-order valence-corrected chi connectivity index (χ2v) is 2.88. The molecule has 0 amide bonds. The predicted molar refractivity (Wildman–Crippen MR) is 39.9 cm³/mol. The van der Waals surface area contributed by atoms with E-state index in [9.17, 15) is 0 Å². The minimum Gasteiger partial charge on any atom is -0.307 e. The van der Waals surface area contributed by atoms with Crippen LogP contribution >= 0.6 is 0 Å². The average molecular weight is 125 g/mol. The topological polar surface area (TPSA) is 3.24 Å². The largest absolute Gasteiger partial charge is 0.307 e. The molecular weight excluding hydrogens is 110 g/mol. The molecule has 0 saturated carbocycles. The van der Waals surface area contributed by atoms with Gasteiger partial charge in [-0.05, 0) is 20.1 Å². The van der Waals surface area contributed by atoms with E-state index < -0.39 is 0 Å². The van der Waals surface area contributed by atoms with Crippen LogP contribution in [0.5, 0.6) is 0 Å². The summed E-state index contributed by atoms with van der Waals surface area (Å²) in [4.78, 5) is 2.38. The van der Waals surface area contributed by atoms with Gasteiger partial charge in [-0.25, -0.2) is 0 Å². The summed E-state index contributed by atoms with van der Waals surface area (Å²) in [5, 5.41) is 0. The standard InChI is InChI=1S/C8H15N/c1-3-8-4-6-9(2)7-5-8/h3,8H,1,4-7H2,2H3. The summed E-state index contributed by atoms with van der Waals surface area (Å²) in [6, 6.07) is 0. The van der Waals surface area contributed by atoms with Gasteiger partial charge in [0.2, 0.25) is 0 Å². The molecule has 1 saturated heterocycles. The molecular formula is C8H15N. The Kier molecular flexibility index (Phi) is 2.40. The average Bonchev–Trinajstić information content (AvgIpc) is 1.90. The van der Waals surface area contributed by atoms with Crippen LogP contribution in [0.4, 0.5) is 0 Å². The van der Waals surface area contributed by atoms with Gasteiger partial charge in [-0.3, -0.25) is 0 Å². The van der Waals surface area contributed by atoms with E-state index in [1.165, 1.54) is 25.9 Å². The fraction of sp³-hybridized carbons (Fsp3) is 0.750. The molecule has 0 bridgehead atoms. The molecule has 0 radical (unpaired) electrons. The molecule has 0 aromatic rings. The molecule has 0 unspecified atom stereocenters. The molecule has 1 rings (SSSR count). The van der Waals surface area contributed by atoms with E-state index >= 15 is 0 Å². The monoisotopic (exact) mass is 125 g/mol. The normalized spacial score (nSPS) is 24.6. The van der Waals surface area contributed by atoms with Crippen molar-refractivity contribution in [2.24, 2.45) is 5.92 Å². The number of rotatable bonds is 1. The third-order valence-electron chi connectivity index (χ3n) is 2.10. The van der Waals surface area contributed by atoms with E-state index in [0.29, 0.717) is 0 Å². The van der Waals surface area contributed by atoms with E-state index in [0.717, 1.165) is 5.92 Å². The maximum absolute atomic E-state index is 3.79. The minimum atomic E-state index is 0.793. The van der Waals surface area contributed by atoms with Crippen LogP contribution in [-0.4, -0.2) is 25.0 Å². The van der Waals surface area contributed by atoms with Crippen LogP contribution in [0.3, 0.4) is 0 Å². The molecule has 0 aliphatic carbocycles. The third kappa shape index (κ3) is 1.90. The zero-order chi connectivity index (χ0) is 6.69. The van der Waals surface area contributed by atoms with Gasteiger partial charge < -0.3 is 4.90 Å². The molecule has 1 nitrogen and oxygen atoms in total. The molecule has 1 fully saturated rings. The Balaban J connectivity index is 2.18. The summed E-state index contributed by atoms with van der Waals surface area (Å²) >= 11 is 0. The number of hydrogen-bond donors (Lipinski definition) is 0. The molecule has 0 aromatic carbocycles. The number of hydrogen-bond acceptors (Lipinski definition) is 1. The first-order valence-corrected chi connectivity index (χ1v) is 3.64.